The summed E-state index contributed by atoms with van der Waals surface area (Å²) in [7, 11) is -3.78. The summed E-state index contributed by atoms with van der Waals surface area (Å²) >= 11 is 0. The molecular weight excluding hydrogens is 268 g/mol. The Morgan fingerprint density at radius 1 is 1.28 bits per heavy atom. The van der Waals surface area contributed by atoms with E-state index in [4.69, 9.17) is 5.11 Å². The Morgan fingerprint density at radius 2 is 1.83 bits per heavy atom. The van der Waals surface area contributed by atoms with Crippen molar-refractivity contribution in [2.24, 2.45) is 0 Å². The van der Waals surface area contributed by atoms with E-state index in [2.05, 4.69) is 0 Å². The van der Waals surface area contributed by atoms with Crippen LogP contribution in [0.5, 0.6) is 0 Å². The Morgan fingerprint density at radius 3 is 2.28 bits per heavy atom. The monoisotopic (exact) mass is 279 g/mol. The van der Waals surface area contributed by atoms with Gasteiger partial charge in [0.2, 0.25) is 10.0 Å². The van der Waals surface area contributed by atoms with Gasteiger partial charge in [-0.2, -0.15) is 0 Å². The Hall–Kier alpha value is -1.54. The fraction of sp³-hybridized carbons (Fsp3) is 0.300. The lowest BCUT2D eigenvalue weighted by Crippen LogP contribution is -2.30. The molecule has 0 fully saturated rings. The zero-order valence-electron chi connectivity index (χ0n) is 9.14. The van der Waals surface area contributed by atoms with Crippen LogP contribution in [0.1, 0.15) is 17.6 Å². The van der Waals surface area contributed by atoms with Gasteiger partial charge in [0.15, 0.2) is 0 Å². The topological polar surface area (TPSA) is 83.5 Å². The van der Waals surface area contributed by atoms with Gasteiger partial charge < -0.3 is 5.11 Å². The van der Waals surface area contributed by atoms with E-state index in [-0.39, 0.29) is 5.56 Å². The molecule has 0 unspecified atom stereocenters. The van der Waals surface area contributed by atoms with Gasteiger partial charge in [0.1, 0.15) is 6.54 Å². The summed E-state index contributed by atoms with van der Waals surface area (Å²) in [6.07, 6.45) is -2.61. The molecule has 0 amide bonds. The highest BCUT2D eigenvalue weighted by molar-refractivity contribution is 7.88. The summed E-state index contributed by atoms with van der Waals surface area (Å²) in [6, 6.07) is 4.79. The van der Waals surface area contributed by atoms with E-state index < -0.39 is 34.7 Å². The molecule has 0 saturated heterocycles. The second kappa shape index (κ2) is 5.87. The molecule has 0 aliphatic rings. The molecule has 5 nitrogen and oxygen atoms in total. The van der Waals surface area contributed by atoms with Crippen LogP contribution in [0.2, 0.25) is 0 Å². The first-order chi connectivity index (χ1) is 8.30. The molecule has 0 atom stereocenters. The molecule has 0 aliphatic heterocycles. The number of benzene rings is 1. The Labute approximate surface area is 102 Å². The highest BCUT2D eigenvalue weighted by Crippen LogP contribution is 2.19. The quantitative estimate of drug-likeness (QED) is 0.817. The van der Waals surface area contributed by atoms with Gasteiger partial charge in [-0.05, 0) is 5.56 Å². The van der Waals surface area contributed by atoms with Crippen LogP contribution in [0.3, 0.4) is 0 Å². The lowest BCUT2D eigenvalue weighted by molar-refractivity contribution is -0.135. The zero-order chi connectivity index (χ0) is 13.8. The van der Waals surface area contributed by atoms with Crippen molar-refractivity contribution in [1.29, 1.82) is 0 Å². The number of sulfonamides is 1. The Balaban J connectivity index is 2.69. The predicted octanol–water partition coefficient (Wildman–Crippen LogP) is 1.13. The smallest absolute Gasteiger partial charge is 0.318 e. The molecule has 1 aromatic rings. The van der Waals surface area contributed by atoms with Crippen molar-refractivity contribution in [2.75, 3.05) is 6.54 Å². The maximum Gasteiger partial charge on any atom is 0.318 e. The Bertz CT molecular complexity index is 513. The van der Waals surface area contributed by atoms with Gasteiger partial charge in [0, 0.05) is 5.56 Å². The minimum Gasteiger partial charge on any atom is -0.480 e. The van der Waals surface area contributed by atoms with Crippen molar-refractivity contribution < 1.29 is 27.1 Å². The second-order valence-electron chi connectivity index (χ2n) is 3.52. The van der Waals surface area contributed by atoms with Crippen molar-refractivity contribution in [3.63, 3.8) is 0 Å². The van der Waals surface area contributed by atoms with E-state index in [0.717, 1.165) is 12.1 Å². The highest BCUT2D eigenvalue weighted by atomic mass is 32.2. The number of rotatable bonds is 6. The van der Waals surface area contributed by atoms with E-state index in [1.807, 2.05) is 4.72 Å². The number of nitrogens with one attached hydrogen (secondary N) is 1. The zero-order valence-corrected chi connectivity index (χ0v) is 9.95. The first kappa shape index (κ1) is 14.5. The van der Waals surface area contributed by atoms with Crippen molar-refractivity contribution in [3.05, 3.63) is 35.4 Å². The molecule has 2 N–H and O–H groups in total. The number of carboxylic acid groups (broad SMARTS) is 1. The number of carbonyl (C=O) groups is 1. The fourth-order valence-electron chi connectivity index (χ4n) is 1.20. The number of carboxylic acids is 1. The molecular formula is C10H11F2NO4S. The van der Waals surface area contributed by atoms with E-state index in [1.54, 1.807) is 0 Å². The number of halogens is 2. The molecule has 8 heteroatoms. The Kier molecular flexibility index (Phi) is 4.74. The summed E-state index contributed by atoms with van der Waals surface area (Å²) in [5, 5.41) is 8.33. The average molecular weight is 279 g/mol. The molecule has 1 aromatic carbocycles. The van der Waals surface area contributed by atoms with Crippen LogP contribution in [0.4, 0.5) is 8.78 Å². The molecule has 18 heavy (non-hydrogen) atoms. The summed E-state index contributed by atoms with van der Waals surface area (Å²) in [4.78, 5) is 10.2. The first-order valence-electron chi connectivity index (χ1n) is 4.86. The van der Waals surface area contributed by atoms with Crippen LogP contribution in [0, 0.1) is 0 Å². The third-order valence-corrected chi connectivity index (χ3v) is 3.33. The summed E-state index contributed by atoms with van der Waals surface area (Å²) in [5.74, 6) is -1.75. The third-order valence-electron chi connectivity index (χ3n) is 2.03. The van der Waals surface area contributed by atoms with Crippen molar-refractivity contribution in [3.8, 4) is 0 Å². The maximum atomic E-state index is 12.3. The predicted molar refractivity (Wildman–Crippen MR) is 59.7 cm³/mol. The molecule has 0 bridgehead atoms. The summed E-state index contributed by atoms with van der Waals surface area (Å²) in [6.45, 7) is -0.711. The van der Waals surface area contributed by atoms with E-state index in [0.29, 0.717) is 5.56 Å². The number of hydrogen-bond donors (Lipinski definition) is 2. The summed E-state index contributed by atoms with van der Waals surface area (Å²) in [5.41, 5.74) is 0.104. The molecule has 100 valence electrons. The molecule has 0 aliphatic carbocycles. The van der Waals surface area contributed by atoms with E-state index in [1.165, 1.54) is 12.1 Å². The van der Waals surface area contributed by atoms with Crippen LogP contribution in [0.15, 0.2) is 24.3 Å². The molecule has 0 saturated carbocycles. The van der Waals surface area contributed by atoms with Gasteiger partial charge in [-0.1, -0.05) is 24.3 Å². The van der Waals surface area contributed by atoms with Crippen molar-refractivity contribution in [1.82, 2.24) is 4.72 Å². The lowest BCUT2D eigenvalue weighted by Gasteiger charge is -2.05. The SMILES string of the molecule is O=C(O)CNS(=O)(=O)Cc1ccc(C(F)F)cc1. The molecule has 0 spiro atoms. The van der Waals surface area contributed by atoms with Crippen LogP contribution in [-0.4, -0.2) is 26.0 Å². The highest BCUT2D eigenvalue weighted by Gasteiger charge is 2.13. The van der Waals surface area contributed by atoms with Gasteiger partial charge in [-0.25, -0.2) is 21.9 Å². The van der Waals surface area contributed by atoms with Gasteiger partial charge in [0.25, 0.3) is 6.43 Å². The normalized spacial score (nSPS) is 11.7. The minimum absolute atomic E-state index is 0.199. The minimum atomic E-state index is -3.78. The van der Waals surface area contributed by atoms with Crippen LogP contribution >= 0.6 is 0 Å². The van der Waals surface area contributed by atoms with Crippen LogP contribution in [0.25, 0.3) is 0 Å². The second-order valence-corrected chi connectivity index (χ2v) is 5.32. The number of aliphatic carboxylic acids is 1. The first-order valence-corrected chi connectivity index (χ1v) is 6.51. The van der Waals surface area contributed by atoms with E-state index in [9.17, 15) is 22.0 Å². The standard InChI is InChI=1S/C10H11F2NO4S/c11-10(12)8-3-1-7(2-4-8)6-18(16,17)13-5-9(14)15/h1-4,10,13H,5-6H2,(H,14,15). The van der Waals surface area contributed by atoms with Gasteiger partial charge >= 0.3 is 5.97 Å². The largest absolute Gasteiger partial charge is 0.480 e. The average Bonchev–Trinajstić information content (AvgIpc) is 2.27. The molecule has 0 radical (unpaired) electrons. The molecule has 0 heterocycles. The summed E-state index contributed by atoms with van der Waals surface area (Å²) < 4.78 is 49.2. The van der Waals surface area contributed by atoms with Gasteiger partial charge in [-0.15, -0.1) is 0 Å². The van der Waals surface area contributed by atoms with Gasteiger partial charge in [-0.3, -0.25) is 4.79 Å². The molecule has 0 aromatic heterocycles. The van der Waals surface area contributed by atoms with Crippen molar-refractivity contribution in [2.45, 2.75) is 12.2 Å². The third kappa shape index (κ3) is 4.76. The fourth-order valence-corrected chi connectivity index (χ4v) is 2.28. The maximum absolute atomic E-state index is 12.3. The van der Waals surface area contributed by atoms with Gasteiger partial charge in [0.05, 0.1) is 5.75 Å². The number of alkyl halides is 2. The van der Waals surface area contributed by atoms with E-state index >= 15 is 0 Å². The van der Waals surface area contributed by atoms with Crippen molar-refractivity contribution >= 4 is 16.0 Å². The van der Waals surface area contributed by atoms with Crippen LogP contribution < -0.4 is 4.72 Å². The number of hydrogen-bond acceptors (Lipinski definition) is 3. The molecule has 1 rings (SSSR count). The lowest BCUT2D eigenvalue weighted by atomic mass is 10.2. The van der Waals surface area contributed by atoms with Crippen LogP contribution in [-0.2, 0) is 20.6 Å².